The van der Waals surface area contributed by atoms with Crippen molar-refractivity contribution in [2.75, 3.05) is 19.7 Å². The summed E-state index contributed by atoms with van der Waals surface area (Å²) in [5.41, 5.74) is 4.47. The van der Waals surface area contributed by atoms with Crippen molar-refractivity contribution in [1.82, 2.24) is 5.32 Å². The fourth-order valence-electron chi connectivity index (χ4n) is 3.54. The van der Waals surface area contributed by atoms with Crippen LogP contribution in [0.25, 0.3) is 12.2 Å². The summed E-state index contributed by atoms with van der Waals surface area (Å²) in [6, 6.07) is 16.7. The van der Waals surface area contributed by atoms with E-state index in [-0.39, 0.29) is 6.10 Å². The van der Waals surface area contributed by atoms with Gasteiger partial charge in [0.05, 0.1) is 12.7 Å². The molecule has 1 aliphatic heterocycles. The van der Waals surface area contributed by atoms with E-state index in [1.165, 1.54) is 0 Å². The molecule has 1 aliphatic carbocycles. The van der Waals surface area contributed by atoms with Crippen LogP contribution >= 0.6 is 0 Å². The van der Waals surface area contributed by atoms with Gasteiger partial charge in [0, 0.05) is 17.7 Å². The lowest BCUT2D eigenvalue weighted by Crippen LogP contribution is -2.34. The molecule has 24 heavy (non-hydrogen) atoms. The number of benzene rings is 2. The second-order valence-electron chi connectivity index (χ2n) is 6.38. The molecule has 1 N–H and O–H groups in total. The maximum Gasteiger partial charge on any atom is 0.224 e. The minimum atomic E-state index is -0.810. The molecule has 1 heterocycles. The second-order valence-corrected chi connectivity index (χ2v) is 6.38. The van der Waals surface area contributed by atoms with Crippen LogP contribution in [-0.2, 0) is 15.3 Å². The Bertz CT molecular complexity index is 704. The molecule has 0 bridgehead atoms. The van der Waals surface area contributed by atoms with Gasteiger partial charge in [-0.1, -0.05) is 67.6 Å². The van der Waals surface area contributed by atoms with Gasteiger partial charge in [-0.25, -0.2) is 0 Å². The van der Waals surface area contributed by atoms with Gasteiger partial charge in [-0.3, -0.25) is 0 Å². The molecule has 1 saturated heterocycles. The highest BCUT2D eigenvalue weighted by molar-refractivity contribution is 5.76. The van der Waals surface area contributed by atoms with Crippen molar-refractivity contribution in [3.05, 3.63) is 70.8 Å². The van der Waals surface area contributed by atoms with E-state index < -0.39 is 5.79 Å². The first-order chi connectivity index (χ1) is 11.8. The third-order valence-electron chi connectivity index (χ3n) is 4.68. The summed E-state index contributed by atoms with van der Waals surface area (Å²) in [4.78, 5) is 0. The third-order valence-corrected chi connectivity index (χ3v) is 4.68. The van der Waals surface area contributed by atoms with Crippen LogP contribution in [0.4, 0.5) is 0 Å². The molecule has 1 fully saturated rings. The van der Waals surface area contributed by atoms with Crippen LogP contribution in [0.1, 0.15) is 35.6 Å². The van der Waals surface area contributed by atoms with Crippen LogP contribution in [0.2, 0.25) is 0 Å². The summed E-state index contributed by atoms with van der Waals surface area (Å²) >= 11 is 0. The molecular weight excluding hydrogens is 298 g/mol. The second kappa shape index (κ2) is 6.52. The first kappa shape index (κ1) is 15.6. The molecule has 0 radical (unpaired) electrons. The first-order valence-electron chi connectivity index (χ1n) is 8.73. The monoisotopic (exact) mass is 321 g/mol. The van der Waals surface area contributed by atoms with Gasteiger partial charge < -0.3 is 14.8 Å². The Morgan fingerprint density at radius 3 is 2.25 bits per heavy atom. The number of nitrogens with one attached hydrogen (secondary N) is 1. The van der Waals surface area contributed by atoms with Crippen LogP contribution < -0.4 is 5.32 Å². The van der Waals surface area contributed by atoms with Gasteiger partial charge in [0.1, 0.15) is 0 Å². The number of rotatable bonds is 4. The van der Waals surface area contributed by atoms with E-state index in [1.54, 1.807) is 0 Å². The van der Waals surface area contributed by atoms with Crippen molar-refractivity contribution in [2.24, 2.45) is 0 Å². The minimum Gasteiger partial charge on any atom is -0.339 e. The third kappa shape index (κ3) is 2.59. The molecule has 0 aromatic heterocycles. The maximum atomic E-state index is 6.54. The van der Waals surface area contributed by atoms with Gasteiger partial charge in [-0.2, -0.15) is 0 Å². The zero-order valence-corrected chi connectivity index (χ0v) is 14.0. The lowest BCUT2D eigenvalue weighted by Gasteiger charge is -2.30. The molecular formula is C21H23NO2. The Morgan fingerprint density at radius 1 is 1.00 bits per heavy atom. The zero-order valence-electron chi connectivity index (χ0n) is 14.0. The van der Waals surface area contributed by atoms with Crippen LogP contribution in [0.15, 0.2) is 48.5 Å². The molecule has 1 unspecified atom stereocenters. The topological polar surface area (TPSA) is 30.5 Å². The highest BCUT2D eigenvalue weighted by Gasteiger charge is 2.47. The van der Waals surface area contributed by atoms with Crippen molar-refractivity contribution in [1.29, 1.82) is 0 Å². The van der Waals surface area contributed by atoms with E-state index in [0.717, 1.165) is 41.8 Å². The summed E-state index contributed by atoms with van der Waals surface area (Å²) in [5, 5.41) is 3.44. The Kier molecular flexibility index (Phi) is 4.23. The van der Waals surface area contributed by atoms with Gasteiger partial charge in [0.2, 0.25) is 5.79 Å². The summed E-state index contributed by atoms with van der Waals surface area (Å²) in [6.45, 7) is 4.58. The minimum absolute atomic E-state index is 0.0516. The smallest absolute Gasteiger partial charge is 0.224 e. The largest absolute Gasteiger partial charge is 0.339 e. The Balaban J connectivity index is 1.76. The zero-order chi connectivity index (χ0) is 16.4. The van der Waals surface area contributed by atoms with Gasteiger partial charge in [0.25, 0.3) is 0 Å². The van der Waals surface area contributed by atoms with E-state index in [2.05, 4.69) is 72.9 Å². The van der Waals surface area contributed by atoms with Crippen LogP contribution in [0, 0.1) is 0 Å². The maximum absolute atomic E-state index is 6.54. The normalized spacial score (nSPS) is 20.6. The molecule has 2 aromatic carbocycles. The molecule has 1 atom stereocenters. The predicted octanol–water partition coefficient (Wildman–Crippen LogP) is 3.79. The Hall–Kier alpha value is -1.94. The fourth-order valence-corrected chi connectivity index (χ4v) is 3.54. The van der Waals surface area contributed by atoms with E-state index in [1.807, 2.05) is 0 Å². The summed E-state index contributed by atoms with van der Waals surface area (Å²) < 4.78 is 12.9. The van der Waals surface area contributed by atoms with E-state index in [0.29, 0.717) is 6.61 Å². The summed E-state index contributed by atoms with van der Waals surface area (Å²) in [5.74, 6) is -0.810. The SMILES string of the molecule is CCCNCC1COC2(O1)c1ccccc1C=Cc1ccccc12. The van der Waals surface area contributed by atoms with Crippen molar-refractivity contribution >= 4 is 12.2 Å². The lowest BCUT2D eigenvalue weighted by molar-refractivity contribution is -0.142. The van der Waals surface area contributed by atoms with E-state index in [9.17, 15) is 0 Å². The molecule has 3 nitrogen and oxygen atoms in total. The highest BCUT2D eigenvalue weighted by Crippen LogP contribution is 2.45. The number of fused-ring (bicyclic) bond motifs is 4. The standard InChI is InChI=1S/C21H23NO2/c1-2-13-22-14-18-15-23-21(24-18)19-9-5-3-7-16(19)11-12-17-8-4-6-10-20(17)21/h3-12,18,22H,2,13-15H2,1H3. The van der Waals surface area contributed by atoms with Gasteiger partial charge in [-0.15, -0.1) is 0 Å². The highest BCUT2D eigenvalue weighted by atomic mass is 16.7. The number of hydrogen-bond donors (Lipinski definition) is 1. The molecule has 2 aromatic rings. The number of hydrogen-bond acceptors (Lipinski definition) is 3. The van der Waals surface area contributed by atoms with Crippen molar-refractivity contribution < 1.29 is 9.47 Å². The van der Waals surface area contributed by atoms with Crippen LogP contribution in [-0.4, -0.2) is 25.8 Å². The lowest BCUT2D eigenvalue weighted by atomic mass is 9.93. The molecule has 2 aliphatic rings. The first-order valence-corrected chi connectivity index (χ1v) is 8.73. The van der Waals surface area contributed by atoms with E-state index in [4.69, 9.17) is 9.47 Å². The molecule has 4 rings (SSSR count). The molecule has 0 saturated carbocycles. The van der Waals surface area contributed by atoms with Crippen molar-refractivity contribution in [3.8, 4) is 0 Å². The number of ether oxygens (including phenoxy) is 2. The molecule has 3 heteroatoms. The van der Waals surface area contributed by atoms with Crippen molar-refractivity contribution in [2.45, 2.75) is 25.2 Å². The Morgan fingerprint density at radius 2 is 1.62 bits per heavy atom. The molecule has 1 spiro atoms. The molecule has 124 valence electrons. The van der Waals surface area contributed by atoms with E-state index >= 15 is 0 Å². The van der Waals surface area contributed by atoms with Crippen LogP contribution in [0.3, 0.4) is 0 Å². The molecule has 0 amide bonds. The van der Waals surface area contributed by atoms with Gasteiger partial charge in [-0.05, 0) is 24.1 Å². The van der Waals surface area contributed by atoms with Crippen LogP contribution in [0.5, 0.6) is 0 Å². The quantitative estimate of drug-likeness (QED) is 0.869. The summed E-state index contributed by atoms with van der Waals surface area (Å²) in [7, 11) is 0. The average molecular weight is 321 g/mol. The van der Waals surface area contributed by atoms with Gasteiger partial charge in [0.15, 0.2) is 0 Å². The predicted molar refractivity (Wildman–Crippen MR) is 96.6 cm³/mol. The Labute approximate surface area is 143 Å². The summed E-state index contributed by atoms with van der Waals surface area (Å²) in [6.07, 6.45) is 5.47. The van der Waals surface area contributed by atoms with Gasteiger partial charge >= 0.3 is 0 Å². The average Bonchev–Trinajstić information content (AvgIpc) is 3.00. The fraction of sp³-hybridized carbons (Fsp3) is 0.333. The van der Waals surface area contributed by atoms with Crippen molar-refractivity contribution in [3.63, 3.8) is 0 Å².